The summed E-state index contributed by atoms with van der Waals surface area (Å²) in [5, 5.41) is 5.43. The van der Waals surface area contributed by atoms with Crippen LogP contribution in [0.25, 0.3) is 33.6 Å². The molecule has 3 fully saturated rings. The molecule has 3 saturated heterocycles. The number of alkyl carbamates (subject to hydrolysis) is 2. The molecule has 2 bridgehead atoms. The maximum Gasteiger partial charge on any atom is 0.407 e. The van der Waals surface area contributed by atoms with E-state index in [0.717, 1.165) is 83.8 Å². The molecule has 4 aliphatic rings. The number of likely N-dealkylation sites (tertiary alicyclic amines) is 2. The number of benzene rings is 2. The fourth-order valence-electron chi connectivity index (χ4n) is 9.39. The number of imidazole rings is 2. The number of aromatic amines is 2. The van der Waals surface area contributed by atoms with Crippen LogP contribution in [0.4, 0.5) is 9.59 Å². The zero-order valence-corrected chi connectivity index (χ0v) is 34.5. The van der Waals surface area contributed by atoms with Crippen LogP contribution in [0.2, 0.25) is 0 Å². The first-order valence-corrected chi connectivity index (χ1v) is 20.8. The van der Waals surface area contributed by atoms with Crippen molar-refractivity contribution in [3.63, 3.8) is 0 Å². The van der Waals surface area contributed by atoms with E-state index in [9.17, 15) is 19.2 Å². The first-order valence-electron chi connectivity index (χ1n) is 20.8. The molecule has 4 amide bonds. The van der Waals surface area contributed by atoms with E-state index in [-0.39, 0.29) is 47.9 Å². The molecule has 2 aromatic heterocycles. The predicted molar refractivity (Wildman–Crippen MR) is 219 cm³/mol. The zero-order valence-electron chi connectivity index (χ0n) is 34.5. The maximum absolute atomic E-state index is 13.7. The smallest absolute Gasteiger partial charge is 0.407 e. The average molecular weight is 807 g/mol. The Morgan fingerprint density at radius 2 is 1.12 bits per heavy atom. The Balaban J connectivity index is 1.01. The lowest BCUT2D eigenvalue weighted by molar-refractivity contribution is -0.136. The number of nitrogens with zero attached hydrogens (tertiary/aromatic N) is 4. The number of fused-ring (bicyclic) bond motifs is 5. The van der Waals surface area contributed by atoms with Gasteiger partial charge in [0.15, 0.2) is 0 Å². The monoisotopic (exact) mass is 806 g/mol. The number of hydrogen-bond donors (Lipinski definition) is 4. The number of hydrogen-bond acceptors (Lipinski definition) is 9. The molecule has 0 radical (unpaired) electrons. The zero-order chi connectivity index (χ0) is 41.5. The number of rotatable bonds is 11. The fourth-order valence-corrected chi connectivity index (χ4v) is 9.39. The summed E-state index contributed by atoms with van der Waals surface area (Å²) in [4.78, 5) is 71.7. The molecular formula is C44H54N8O7. The van der Waals surface area contributed by atoms with Crippen LogP contribution >= 0.6 is 0 Å². The lowest BCUT2D eigenvalue weighted by atomic mass is 9.82. The number of H-pyrrole nitrogens is 2. The Morgan fingerprint density at radius 3 is 1.63 bits per heavy atom. The second-order valence-corrected chi connectivity index (χ2v) is 16.7. The van der Waals surface area contributed by atoms with Crippen LogP contribution in [0.15, 0.2) is 48.8 Å². The van der Waals surface area contributed by atoms with Crippen LogP contribution in [0.5, 0.6) is 0 Å². The van der Waals surface area contributed by atoms with Crippen LogP contribution in [0.1, 0.15) is 113 Å². The van der Waals surface area contributed by atoms with Gasteiger partial charge in [-0.1, -0.05) is 64.1 Å². The van der Waals surface area contributed by atoms with Crippen LogP contribution in [0, 0.1) is 11.8 Å². The quantitative estimate of drug-likeness (QED) is 0.123. The molecule has 8 rings (SSSR count). The van der Waals surface area contributed by atoms with E-state index in [2.05, 4.69) is 57.0 Å². The standard InChI is InChI=1S/C44H54N8O7/c1-23(2)37(49-43(55)57-5)41(53)51-19-7-9-31(51)39-45-21-29(47-39)26-13-11-25(12-14-26)27-15-16-28(36-34-18-17-33(59-34)35(27)36)30-22-46-40(48-30)32-10-8-20-52(32)42(54)38(24(3)4)50-44(56)58-6/h11-16,21-24,31-34,37-38H,7-10,17-20H2,1-6H3,(H,45,47)(H,46,48)(H,49,55)(H,50,56)/t31-,32-,33?,34?,37-,38+/m0/s1. The molecule has 4 aliphatic heterocycles. The van der Waals surface area contributed by atoms with Crippen molar-refractivity contribution in [3.05, 3.63) is 71.6 Å². The van der Waals surface area contributed by atoms with Gasteiger partial charge in [-0.05, 0) is 78.2 Å². The molecule has 0 spiro atoms. The first-order chi connectivity index (χ1) is 28.5. The summed E-state index contributed by atoms with van der Waals surface area (Å²) in [6.45, 7) is 8.81. The Bertz CT molecular complexity index is 2210. The van der Waals surface area contributed by atoms with Crippen molar-refractivity contribution in [2.45, 2.75) is 103 Å². The van der Waals surface area contributed by atoms with E-state index in [4.69, 9.17) is 24.2 Å². The van der Waals surface area contributed by atoms with E-state index >= 15 is 0 Å². The second kappa shape index (κ2) is 16.5. The summed E-state index contributed by atoms with van der Waals surface area (Å²) in [5.74, 6) is 0.948. The molecule has 2 aromatic carbocycles. The van der Waals surface area contributed by atoms with Gasteiger partial charge in [0.25, 0.3) is 0 Å². The summed E-state index contributed by atoms with van der Waals surface area (Å²) in [6, 6.07) is 10.9. The molecule has 6 atom stereocenters. The van der Waals surface area contributed by atoms with Crippen molar-refractivity contribution in [2.75, 3.05) is 27.3 Å². The minimum atomic E-state index is -0.700. The number of ether oxygens (including phenoxy) is 3. The fraction of sp³-hybridized carbons (Fsp3) is 0.500. The Hall–Kier alpha value is -5.70. The van der Waals surface area contributed by atoms with Crippen LogP contribution in [0.3, 0.4) is 0 Å². The molecule has 0 aliphatic carbocycles. The summed E-state index contributed by atoms with van der Waals surface area (Å²) in [7, 11) is 2.59. The normalized spacial score (nSPS) is 21.8. The minimum Gasteiger partial charge on any atom is -0.453 e. The number of carbonyl (C=O) groups excluding carboxylic acids is 4. The van der Waals surface area contributed by atoms with E-state index in [0.29, 0.717) is 13.1 Å². The highest BCUT2D eigenvalue weighted by atomic mass is 16.5. The van der Waals surface area contributed by atoms with Gasteiger partial charge in [0.2, 0.25) is 11.8 Å². The molecule has 4 N–H and O–H groups in total. The molecule has 4 aromatic rings. The molecule has 15 heteroatoms. The molecule has 312 valence electrons. The van der Waals surface area contributed by atoms with Crippen molar-refractivity contribution in [1.29, 1.82) is 0 Å². The molecule has 0 saturated carbocycles. The Labute approximate surface area is 344 Å². The SMILES string of the molecule is COC(=O)N[C@H](C(=O)N1CCC[C@H]1c1ncc(-c2ccc(-c3ccc(-c4cnc([C@@H]5CCCN5C(=O)[C@H](NC(=O)OC)C(C)C)[nH]4)c4c3C3CCC4O3)cc2)[nH]1)C(C)C. The highest BCUT2D eigenvalue weighted by Crippen LogP contribution is 2.56. The number of amides is 4. The van der Waals surface area contributed by atoms with Crippen molar-refractivity contribution in [1.82, 2.24) is 40.4 Å². The van der Waals surface area contributed by atoms with Crippen LogP contribution in [-0.2, 0) is 23.8 Å². The highest BCUT2D eigenvalue weighted by molar-refractivity contribution is 5.87. The molecule has 59 heavy (non-hydrogen) atoms. The lowest BCUT2D eigenvalue weighted by Gasteiger charge is -2.30. The van der Waals surface area contributed by atoms with Gasteiger partial charge in [0, 0.05) is 18.7 Å². The van der Waals surface area contributed by atoms with Crippen molar-refractivity contribution >= 4 is 24.0 Å². The Kier molecular flexibility index (Phi) is 11.2. The number of nitrogens with one attached hydrogen (secondary N) is 4. The van der Waals surface area contributed by atoms with Gasteiger partial charge in [0.05, 0.1) is 62.3 Å². The van der Waals surface area contributed by atoms with Crippen LogP contribution < -0.4 is 10.6 Å². The van der Waals surface area contributed by atoms with E-state index < -0.39 is 24.3 Å². The highest BCUT2D eigenvalue weighted by Gasteiger charge is 2.43. The molecule has 15 nitrogen and oxygen atoms in total. The van der Waals surface area contributed by atoms with Gasteiger partial charge >= 0.3 is 12.2 Å². The van der Waals surface area contributed by atoms with E-state index in [1.165, 1.54) is 25.3 Å². The van der Waals surface area contributed by atoms with E-state index in [1.54, 1.807) is 0 Å². The van der Waals surface area contributed by atoms with Gasteiger partial charge < -0.3 is 44.6 Å². The summed E-state index contributed by atoms with van der Waals surface area (Å²) >= 11 is 0. The van der Waals surface area contributed by atoms with Gasteiger partial charge in [-0.3, -0.25) is 9.59 Å². The molecule has 6 heterocycles. The van der Waals surface area contributed by atoms with Crippen LogP contribution in [-0.4, -0.2) is 93.1 Å². The van der Waals surface area contributed by atoms with E-state index in [1.807, 2.05) is 49.9 Å². The first kappa shape index (κ1) is 40.1. The third-order valence-corrected chi connectivity index (χ3v) is 12.4. The topological polar surface area (TPSA) is 184 Å². The van der Waals surface area contributed by atoms with Gasteiger partial charge in [-0.15, -0.1) is 0 Å². The van der Waals surface area contributed by atoms with Crippen molar-refractivity contribution < 1.29 is 33.4 Å². The number of carbonyl (C=O) groups is 4. The van der Waals surface area contributed by atoms with Gasteiger partial charge in [0.1, 0.15) is 23.7 Å². The molecule has 2 unspecified atom stereocenters. The number of aromatic nitrogens is 4. The Morgan fingerprint density at radius 1 is 0.661 bits per heavy atom. The summed E-state index contributed by atoms with van der Waals surface area (Å²) in [6.07, 6.45) is 7.59. The van der Waals surface area contributed by atoms with Crippen molar-refractivity contribution in [2.24, 2.45) is 11.8 Å². The third kappa shape index (κ3) is 7.56. The van der Waals surface area contributed by atoms with Gasteiger partial charge in [-0.25, -0.2) is 19.6 Å². The third-order valence-electron chi connectivity index (χ3n) is 12.4. The average Bonchev–Trinajstić information content (AvgIpc) is 4.10. The maximum atomic E-state index is 13.7. The second-order valence-electron chi connectivity index (χ2n) is 16.7. The lowest BCUT2D eigenvalue weighted by Crippen LogP contribution is -2.51. The number of methoxy groups -OCH3 is 2. The minimum absolute atomic E-state index is 0.00533. The predicted octanol–water partition coefficient (Wildman–Crippen LogP) is 7.13. The molecular weight excluding hydrogens is 753 g/mol. The van der Waals surface area contributed by atoms with Crippen molar-refractivity contribution in [3.8, 4) is 33.6 Å². The van der Waals surface area contributed by atoms with Gasteiger partial charge in [-0.2, -0.15) is 0 Å². The summed E-state index contributed by atoms with van der Waals surface area (Å²) < 4.78 is 16.1. The summed E-state index contributed by atoms with van der Waals surface area (Å²) in [5.41, 5.74) is 8.41. The largest absolute Gasteiger partial charge is 0.453 e.